The van der Waals surface area contributed by atoms with Crippen LogP contribution in [0.15, 0.2) is 12.2 Å². The van der Waals surface area contributed by atoms with Gasteiger partial charge in [-0.05, 0) is 41.5 Å². The van der Waals surface area contributed by atoms with Gasteiger partial charge in [0, 0.05) is 18.2 Å². The molecule has 3 amide bonds. The van der Waals surface area contributed by atoms with E-state index in [2.05, 4.69) is 71.9 Å². The van der Waals surface area contributed by atoms with Crippen molar-refractivity contribution < 1.29 is 74.3 Å². The van der Waals surface area contributed by atoms with Crippen LogP contribution in [0.2, 0.25) is 0 Å². The quantitative estimate of drug-likeness (QED) is 0.0770. The molecule has 264 valence electrons. The van der Waals surface area contributed by atoms with Crippen molar-refractivity contribution in [1.29, 1.82) is 0 Å². The molecule has 2 unspecified atom stereocenters. The summed E-state index contributed by atoms with van der Waals surface area (Å²) in [4.78, 5) is 46.7. The Hall–Kier alpha value is -3.48. The molecule has 1 saturated carbocycles. The van der Waals surface area contributed by atoms with Crippen LogP contribution in [0, 0.1) is 10.8 Å². The molecule has 1 aliphatic rings. The van der Waals surface area contributed by atoms with Crippen molar-refractivity contribution in [3.8, 4) is 0 Å². The topological polar surface area (TPSA) is 160 Å². The molecule has 0 saturated heterocycles. The van der Waals surface area contributed by atoms with E-state index in [0.29, 0.717) is 13.0 Å². The second-order valence-corrected chi connectivity index (χ2v) is 10.6. The third-order valence-electron chi connectivity index (χ3n) is 5.55. The zero-order valence-electron chi connectivity index (χ0n) is 25.9. The molecular formula is C26H43F6N3O10. The van der Waals surface area contributed by atoms with Crippen molar-refractivity contribution in [1.82, 2.24) is 16.0 Å². The molecule has 0 spiro atoms. The van der Waals surface area contributed by atoms with Crippen LogP contribution in [-0.2, 0) is 33.4 Å². The van der Waals surface area contributed by atoms with E-state index < -0.39 is 57.4 Å². The molecule has 13 nitrogen and oxygen atoms in total. The average molecular weight is 672 g/mol. The van der Waals surface area contributed by atoms with Crippen molar-refractivity contribution >= 4 is 24.2 Å². The monoisotopic (exact) mass is 671 g/mol. The SMILES string of the molecule is C=C(C)C(=O)OCCNC(=O)OCCF.COC(=O)NCC1(C)CC(NC(=O)OCF)CC(C)(C)C1.FCOC(F)(F)COF. The number of carbonyl (C=O) groups excluding carboxylic acids is 4. The number of hydrogen-bond donors (Lipinski definition) is 3. The van der Waals surface area contributed by atoms with Gasteiger partial charge in [0.25, 0.3) is 0 Å². The van der Waals surface area contributed by atoms with Crippen molar-refractivity contribution in [3.63, 3.8) is 0 Å². The average Bonchev–Trinajstić information content (AvgIpc) is 2.92. The smallest absolute Gasteiger partial charge is 0.409 e. The van der Waals surface area contributed by atoms with E-state index in [1.54, 1.807) is 0 Å². The summed E-state index contributed by atoms with van der Waals surface area (Å²) in [6, 6.07) is -0.114. The zero-order chi connectivity index (χ0) is 35.1. The van der Waals surface area contributed by atoms with Crippen molar-refractivity contribution in [2.45, 2.75) is 59.1 Å². The third-order valence-corrected chi connectivity index (χ3v) is 5.55. The molecule has 1 rings (SSSR count). The Kier molecular flexibility index (Phi) is 22.3. The minimum absolute atomic E-state index is 0.00153. The lowest BCUT2D eigenvalue weighted by molar-refractivity contribution is -0.312. The fourth-order valence-electron chi connectivity index (χ4n) is 4.27. The highest BCUT2D eigenvalue weighted by Gasteiger charge is 2.42. The number of carbonyl (C=O) groups is 4. The van der Waals surface area contributed by atoms with E-state index in [9.17, 15) is 45.7 Å². The van der Waals surface area contributed by atoms with Crippen LogP contribution in [-0.4, -0.2) is 96.8 Å². The second kappa shape index (κ2) is 22.9. The lowest BCUT2D eigenvalue weighted by Gasteiger charge is -2.46. The van der Waals surface area contributed by atoms with Gasteiger partial charge < -0.3 is 34.9 Å². The van der Waals surface area contributed by atoms with Crippen molar-refractivity contribution in [3.05, 3.63) is 12.2 Å². The molecule has 0 bridgehead atoms. The summed E-state index contributed by atoms with van der Waals surface area (Å²) in [5, 5.41) is 7.68. The van der Waals surface area contributed by atoms with Gasteiger partial charge in [0.05, 0.1) is 13.7 Å². The van der Waals surface area contributed by atoms with E-state index in [-0.39, 0.29) is 42.2 Å². The van der Waals surface area contributed by atoms with Crippen LogP contribution in [0.5, 0.6) is 0 Å². The zero-order valence-corrected chi connectivity index (χ0v) is 25.9. The Balaban J connectivity index is 0. The van der Waals surface area contributed by atoms with Gasteiger partial charge >= 0.3 is 30.4 Å². The normalized spacial score (nSPS) is 18.3. The number of hydrogen-bond acceptors (Lipinski definition) is 10. The summed E-state index contributed by atoms with van der Waals surface area (Å²) in [6.45, 7) is 6.37. The molecule has 0 aliphatic heterocycles. The summed E-state index contributed by atoms with van der Waals surface area (Å²) in [7, 11) is 1.32. The molecule has 0 heterocycles. The van der Waals surface area contributed by atoms with Gasteiger partial charge in [-0.2, -0.15) is 13.7 Å². The number of halogens is 6. The van der Waals surface area contributed by atoms with E-state index >= 15 is 0 Å². The highest BCUT2D eigenvalue weighted by molar-refractivity contribution is 5.86. The Bertz CT molecular complexity index is 909. The Labute approximate surface area is 257 Å². The number of ether oxygens (including phenoxy) is 5. The largest absolute Gasteiger partial charge is 0.460 e. The van der Waals surface area contributed by atoms with E-state index in [0.717, 1.165) is 12.8 Å². The van der Waals surface area contributed by atoms with Crippen LogP contribution < -0.4 is 16.0 Å². The lowest BCUT2D eigenvalue weighted by Crippen LogP contribution is -2.50. The minimum atomic E-state index is -3.87. The molecule has 0 radical (unpaired) electrons. The lowest BCUT2D eigenvalue weighted by atomic mass is 9.62. The molecule has 0 aromatic rings. The summed E-state index contributed by atoms with van der Waals surface area (Å²) < 4.78 is 89.3. The van der Waals surface area contributed by atoms with E-state index in [1.807, 2.05) is 0 Å². The molecule has 1 fully saturated rings. The summed E-state index contributed by atoms with van der Waals surface area (Å²) in [5.74, 6) is -0.520. The van der Waals surface area contributed by atoms with Crippen LogP contribution in [0.3, 0.4) is 0 Å². The van der Waals surface area contributed by atoms with Gasteiger partial charge in [-0.15, -0.1) is 0 Å². The predicted molar refractivity (Wildman–Crippen MR) is 146 cm³/mol. The Morgan fingerprint density at radius 2 is 1.56 bits per heavy atom. The van der Waals surface area contributed by atoms with Gasteiger partial charge in [-0.25, -0.2) is 32.3 Å². The van der Waals surface area contributed by atoms with Crippen molar-refractivity contribution in [2.24, 2.45) is 10.8 Å². The Morgan fingerprint density at radius 3 is 2.07 bits per heavy atom. The van der Waals surface area contributed by atoms with Crippen LogP contribution in [0.4, 0.5) is 40.9 Å². The first kappa shape index (κ1) is 43.6. The van der Waals surface area contributed by atoms with E-state index in [1.165, 1.54) is 14.0 Å². The number of alkyl carbamates (subject to hydrolysis) is 3. The number of esters is 1. The van der Waals surface area contributed by atoms with Gasteiger partial charge in [0.1, 0.15) is 19.9 Å². The number of amides is 3. The van der Waals surface area contributed by atoms with Crippen molar-refractivity contribution in [2.75, 3.05) is 60.4 Å². The summed E-state index contributed by atoms with van der Waals surface area (Å²) in [6.07, 6.45) is -3.46. The fourth-order valence-corrected chi connectivity index (χ4v) is 4.27. The predicted octanol–water partition coefficient (Wildman–Crippen LogP) is 4.81. The van der Waals surface area contributed by atoms with Gasteiger partial charge in [0.15, 0.2) is 13.5 Å². The summed E-state index contributed by atoms with van der Waals surface area (Å²) in [5.41, 5.74) is 0.109. The minimum Gasteiger partial charge on any atom is -0.460 e. The number of alkyl halides is 5. The molecule has 0 aromatic carbocycles. The Morgan fingerprint density at radius 1 is 0.911 bits per heavy atom. The van der Waals surface area contributed by atoms with Crippen LogP contribution in [0.25, 0.3) is 0 Å². The third kappa shape index (κ3) is 23.6. The maximum atomic E-state index is 12.0. The molecular weight excluding hydrogens is 628 g/mol. The maximum Gasteiger partial charge on any atom is 0.409 e. The van der Waals surface area contributed by atoms with Gasteiger partial charge in [-0.1, -0.05) is 27.4 Å². The summed E-state index contributed by atoms with van der Waals surface area (Å²) >= 11 is 0. The standard InChI is InChI=1S/C14H25FN2O4.C9H14FNO4.C3H4F4O2/c1-13(2)5-10(17-12(19)21-9-15)6-14(3,7-13)8-16-11(18)20-4;1-7(2)8(12)14-6-4-11-9(13)15-5-3-10;4-2-8-3(5,6)1-9-7/h10H,5-9H2,1-4H3,(H,16,18)(H,17,19);1,3-6H2,2H3,(H,11,13);1-2H2. The molecule has 3 N–H and O–H groups in total. The maximum absolute atomic E-state index is 12.0. The number of methoxy groups -OCH3 is 1. The van der Waals surface area contributed by atoms with E-state index in [4.69, 9.17) is 0 Å². The number of rotatable bonds is 14. The molecule has 45 heavy (non-hydrogen) atoms. The van der Waals surface area contributed by atoms with Gasteiger partial charge in [-0.3, -0.25) is 4.74 Å². The first-order valence-electron chi connectivity index (χ1n) is 13.3. The van der Waals surface area contributed by atoms with Crippen LogP contribution >= 0.6 is 0 Å². The molecule has 1 aliphatic carbocycles. The first-order chi connectivity index (χ1) is 20.9. The molecule has 0 aromatic heterocycles. The van der Waals surface area contributed by atoms with Gasteiger partial charge in [0.2, 0.25) is 6.86 Å². The molecule has 19 heteroatoms. The van der Waals surface area contributed by atoms with Crippen LogP contribution in [0.1, 0.15) is 47.0 Å². The molecule has 2 atom stereocenters. The first-order valence-corrected chi connectivity index (χ1v) is 13.3. The fraction of sp³-hybridized carbons (Fsp3) is 0.769. The highest BCUT2D eigenvalue weighted by Crippen LogP contribution is 2.45. The number of nitrogens with one attached hydrogen (secondary N) is 3. The highest BCUT2D eigenvalue weighted by atomic mass is 19.3. The second-order valence-electron chi connectivity index (χ2n) is 10.6.